The molecule has 0 amide bonds. The van der Waals surface area contributed by atoms with E-state index in [1.54, 1.807) is 35.9 Å². The zero-order valence-corrected chi connectivity index (χ0v) is 12.6. The maximum Gasteiger partial charge on any atom is 0.126 e. The molecule has 22 heavy (non-hydrogen) atoms. The number of halogens is 1. The molecule has 3 aromatic heterocycles. The van der Waals surface area contributed by atoms with E-state index < -0.39 is 0 Å². The van der Waals surface area contributed by atoms with Crippen molar-refractivity contribution in [2.45, 2.75) is 0 Å². The van der Waals surface area contributed by atoms with Crippen molar-refractivity contribution in [1.82, 2.24) is 14.5 Å². The highest BCUT2D eigenvalue weighted by molar-refractivity contribution is 7.13. The number of fused-ring (bicyclic) bond motifs is 1. The summed E-state index contributed by atoms with van der Waals surface area (Å²) in [5.41, 5.74) is 3.82. The van der Waals surface area contributed by atoms with Crippen LogP contribution in [0.2, 0.25) is 0 Å². The van der Waals surface area contributed by atoms with Gasteiger partial charge >= 0.3 is 0 Å². The molecule has 3 heterocycles. The third-order valence-electron chi connectivity index (χ3n) is 3.64. The fourth-order valence-corrected chi connectivity index (χ4v) is 3.43. The number of hydrogen-bond donors (Lipinski definition) is 0. The van der Waals surface area contributed by atoms with E-state index in [9.17, 15) is 4.39 Å². The summed E-state index contributed by atoms with van der Waals surface area (Å²) in [4.78, 5) is 8.81. The Morgan fingerprint density at radius 1 is 1.23 bits per heavy atom. The van der Waals surface area contributed by atoms with Gasteiger partial charge in [0.25, 0.3) is 0 Å². The Balaban J connectivity index is 1.86. The predicted octanol–water partition coefficient (Wildman–Crippen LogP) is 4.50. The molecular formula is C17H12FN3S. The van der Waals surface area contributed by atoms with E-state index in [1.165, 1.54) is 6.07 Å². The van der Waals surface area contributed by atoms with E-state index in [2.05, 4.69) is 9.97 Å². The van der Waals surface area contributed by atoms with Gasteiger partial charge in [-0.2, -0.15) is 0 Å². The molecule has 4 aromatic rings. The van der Waals surface area contributed by atoms with E-state index in [-0.39, 0.29) is 5.82 Å². The summed E-state index contributed by atoms with van der Waals surface area (Å²) < 4.78 is 15.6. The van der Waals surface area contributed by atoms with Gasteiger partial charge in [0, 0.05) is 53.0 Å². The summed E-state index contributed by atoms with van der Waals surface area (Å²) in [5, 5.41) is 3.77. The van der Waals surface area contributed by atoms with Crippen LogP contribution in [-0.4, -0.2) is 14.5 Å². The molecule has 0 saturated heterocycles. The van der Waals surface area contributed by atoms with Gasteiger partial charge in [-0.05, 0) is 30.3 Å². The smallest absolute Gasteiger partial charge is 0.126 e. The topological polar surface area (TPSA) is 30.7 Å². The summed E-state index contributed by atoms with van der Waals surface area (Å²) in [6.07, 6.45) is 5.53. The highest BCUT2D eigenvalue weighted by atomic mass is 32.1. The largest absolute Gasteiger partial charge is 0.350 e. The van der Waals surface area contributed by atoms with Crippen molar-refractivity contribution in [3.63, 3.8) is 0 Å². The minimum Gasteiger partial charge on any atom is -0.350 e. The normalized spacial score (nSPS) is 11.2. The van der Waals surface area contributed by atoms with Gasteiger partial charge in [-0.1, -0.05) is 0 Å². The molecule has 0 spiro atoms. The van der Waals surface area contributed by atoms with Gasteiger partial charge in [0.2, 0.25) is 0 Å². The Labute approximate surface area is 130 Å². The number of thiazole rings is 1. The molecule has 0 radical (unpaired) electrons. The molecule has 4 rings (SSSR count). The second-order valence-corrected chi connectivity index (χ2v) is 5.95. The number of rotatable bonds is 2. The molecule has 0 N–H and O–H groups in total. The van der Waals surface area contributed by atoms with Crippen LogP contribution in [0.3, 0.4) is 0 Å². The third kappa shape index (κ3) is 2.10. The number of pyridine rings is 1. The monoisotopic (exact) mass is 309 g/mol. The molecule has 5 heteroatoms. The molecule has 0 aliphatic heterocycles. The number of benzene rings is 1. The SMILES string of the molecule is Cn1cc(-c2nc(-c3cccnc3)cs2)c2cc(F)ccc21. The zero-order chi connectivity index (χ0) is 15.1. The molecule has 0 aliphatic carbocycles. The third-order valence-corrected chi connectivity index (χ3v) is 4.52. The Morgan fingerprint density at radius 2 is 2.14 bits per heavy atom. The highest BCUT2D eigenvalue weighted by Crippen LogP contribution is 2.34. The average Bonchev–Trinajstić information content (AvgIpc) is 3.13. The van der Waals surface area contributed by atoms with Gasteiger partial charge in [-0.25, -0.2) is 9.37 Å². The highest BCUT2D eigenvalue weighted by Gasteiger charge is 2.13. The second-order valence-electron chi connectivity index (χ2n) is 5.09. The molecule has 3 nitrogen and oxygen atoms in total. The van der Waals surface area contributed by atoms with Crippen molar-refractivity contribution in [1.29, 1.82) is 0 Å². The Bertz CT molecular complexity index is 957. The second kappa shape index (κ2) is 5.03. The minimum absolute atomic E-state index is 0.232. The molecule has 0 atom stereocenters. The molecule has 0 saturated carbocycles. The first kappa shape index (κ1) is 13.2. The lowest BCUT2D eigenvalue weighted by Gasteiger charge is -1.96. The van der Waals surface area contributed by atoms with Crippen molar-refractivity contribution in [3.8, 4) is 21.8 Å². The minimum atomic E-state index is -0.232. The Hall–Kier alpha value is -2.53. The summed E-state index contributed by atoms with van der Waals surface area (Å²) in [6.45, 7) is 0. The van der Waals surface area contributed by atoms with Crippen LogP contribution in [0.15, 0.2) is 54.3 Å². The molecule has 0 unspecified atom stereocenters. The average molecular weight is 309 g/mol. The van der Waals surface area contributed by atoms with E-state index in [4.69, 9.17) is 0 Å². The lowest BCUT2D eigenvalue weighted by molar-refractivity contribution is 0.629. The molecule has 0 aliphatic rings. The van der Waals surface area contributed by atoms with Crippen molar-refractivity contribution >= 4 is 22.2 Å². The number of aromatic nitrogens is 3. The molecular weight excluding hydrogens is 297 g/mol. The van der Waals surface area contributed by atoms with Gasteiger partial charge < -0.3 is 4.57 Å². The van der Waals surface area contributed by atoms with Crippen LogP contribution in [0.4, 0.5) is 4.39 Å². The maximum absolute atomic E-state index is 13.6. The molecule has 0 fully saturated rings. The first-order valence-corrected chi connectivity index (χ1v) is 7.71. The van der Waals surface area contributed by atoms with Gasteiger partial charge in [-0.15, -0.1) is 11.3 Å². The summed E-state index contributed by atoms with van der Waals surface area (Å²) in [5.74, 6) is -0.232. The van der Waals surface area contributed by atoms with Crippen molar-refractivity contribution in [2.75, 3.05) is 0 Å². The quantitative estimate of drug-likeness (QED) is 0.546. The van der Waals surface area contributed by atoms with Crippen LogP contribution in [-0.2, 0) is 7.05 Å². The lowest BCUT2D eigenvalue weighted by atomic mass is 10.2. The predicted molar refractivity (Wildman–Crippen MR) is 87.2 cm³/mol. The zero-order valence-electron chi connectivity index (χ0n) is 11.8. The number of aryl methyl sites for hydroxylation is 1. The summed E-state index contributed by atoms with van der Waals surface area (Å²) >= 11 is 1.56. The molecule has 0 bridgehead atoms. The van der Waals surface area contributed by atoms with Gasteiger partial charge in [-0.3, -0.25) is 4.98 Å². The van der Waals surface area contributed by atoms with Crippen LogP contribution >= 0.6 is 11.3 Å². The van der Waals surface area contributed by atoms with E-state index in [1.807, 2.05) is 35.3 Å². The maximum atomic E-state index is 13.6. The van der Waals surface area contributed by atoms with Crippen LogP contribution in [0.5, 0.6) is 0 Å². The van der Waals surface area contributed by atoms with Crippen molar-refractivity contribution < 1.29 is 4.39 Å². The first-order valence-electron chi connectivity index (χ1n) is 6.83. The summed E-state index contributed by atoms with van der Waals surface area (Å²) in [6, 6.07) is 8.71. The Kier molecular flexibility index (Phi) is 3.01. The van der Waals surface area contributed by atoms with E-state index in [0.717, 1.165) is 32.7 Å². The van der Waals surface area contributed by atoms with E-state index in [0.29, 0.717) is 0 Å². The number of hydrogen-bond acceptors (Lipinski definition) is 3. The van der Waals surface area contributed by atoms with Crippen molar-refractivity contribution in [2.24, 2.45) is 7.05 Å². The van der Waals surface area contributed by atoms with Gasteiger partial charge in [0.15, 0.2) is 0 Å². The van der Waals surface area contributed by atoms with Gasteiger partial charge in [0.05, 0.1) is 5.69 Å². The number of nitrogens with zero attached hydrogens (tertiary/aromatic N) is 3. The van der Waals surface area contributed by atoms with Crippen LogP contribution in [0.25, 0.3) is 32.7 Å². The lowest BCUT2D eigenvalue weighted by Crippen LogP contribution is -1.83. The Morgan fingerprint density at radius 3 is 2.95 bits per heavy atom. The van der Waals surface area contributed by atoms with Crippen LogP contribution in [0.1, 0.15) is 0 Å². The van der Waals surface area contributed by atoms with Crippen LogP contribution in [0, 0.1) is 5.82 Å². The van der Waals surface area contributed by atoms with E-state index >= 15 is 0 Å². The van der Waals surface area contributed by atoms with Crippen molar-refractivity contribution in [3.05, 3.63) is 60.1 Å². The fourth-order valence-electron chi connectivity index (χ4n) is 2.58. The summed E-state index contributed by atoms with van der Waals surface area (Å²) in [7, 11) is 1.96. The van der Waals surface area contributed by atoms with Gasteiger partial charge in [0.1, 0.15) is 10.8 Å². The standard InChI is InChI=1S/C17H12FN3S/c1-21-9-14(13-7-12(18)4-5-16(13)21)17-20-15(10-22-17)11-3-2-6-19-8-11/h2-10H,1H3. The fraction of sp³-hybridized carbons (Fsp3) is 0.0588. The molecule has 108 valence electrons. The van der Waals surface area contributed by atoms with Crippen LogP contribution < -0.4 is 0 Å². The molecule has 1 aromatic carbocycles. The first-order chi connectivity index (χ1) is 10.7.